The molecule has 0 aliphatic carbocycles. The van der Waals surface area contributed by atoms with Crippen molar-refractivity contribution in [3.63, 3.8) is 0 Å². The molecule has 2 aromatic rings. The number of halogens is 2. The monoisotopic (exact) mass is 285 g/mol. The zero-order chi connectivity index (χ0) is 13.8. The van der Waals surface area contributed by atoms with Crippen LogP contribution in [0.25, 0.3) is 0 Å². The minimum atomic E-state index is -0.789. The van der Waals surface area contributed by atoms with Gasteiger partial charge in [0.15, 0.2) is 5.82 Å². The van der Waals surface area contributed by atoms with Crippen LogP contribution in [0.4, 0.5) is 14.6 Å². The van der Waals surface area contributed by atoms with Gasteiger partial charge in [-0.15, -0.1) is 0 Å². The lowest BCUT2D eigenvalue weighted by Crippen LogP contribution is -2.32. The third-order valence-electron chi connectivity index (χ3n) is 2.68. The van der Waals surface area contributed by atoms with Gasteiger partial charge >= 0.3 is 0 Å². The third-order valence-corrected chi connectivity index (χ3v) is 3.16. The minimum absolute atomic E-state index is 0.153. The second kappa shape index (κ2) is 6.03. The van der Waals surface area contributed by atoms with Crippen molar-refractivity contribution < 1.29 is 13.9 Å². The highest BCUT2D eigenvalue weighted by Gasteiger charge is 2.16. The Balaban J connectivity index is 1.97. The summed E-state index contributed by atoms with van der Waals surface area (Å²) >= 11 is 1.06. The Bertz CT molecular complexity index is 516. The summed E-state index contributed by atoms with van der Waals surface area (Å²) in [4.78, 5) is 0. The number of hydrogen-bond donors (Lipinski definition) is 2. The van der Waals surface area contributed by atoms with Gasteiger partial charge in [0.1, 0.15) is 11.6 Å². The van der Waals surface area contributed by atoms with E-state index >= 15 is 0 Å². The number of aliphatic hydroxyl groups excluding tert-OH is 1. The summed E-state index contributed by atoms with van der Waals surface area (Å²) < 4.78 is 33.9. The molecule has 102 valence electrons. The van der Waals surface area contributed by atoms with Crippen LogP contribution in [0.15, 0.2) is 24.4 Å². The highest BCUT2D eigenvalue weighted by molar-refractivity contribution is 6.99. The van der Waals surface area contributed by atoms with Gasteiger partial charge in [-0.25, -0.2) is 8.78 Å². The van der Waals surface area contributed by atoms with Crippen LogP contribution in [0.3, 0.4) is 0 Å². The average Bonchev–Trinajstić information content (AvgIpc) is 2.80. The second-order valence-electron chi connectivity index (χ2n) is 4.27. The molecular weight excluding hydrogens is 272 g/mol. The molecule has 0 saturated heterocycles. The summed E-state index contributed by atoms with van der Waals surface area (Å²) in [6.45, 7) is 1.76. The van der Waals surface area contributed by atoms with Crippen molar-refractivity contribution in [2.45, 2.75) is 25.5 Å². The number of nitrogens with one attached hydrogen (secondary N) is 1. The molecule has 0 amide bonds. The molecule has 0 saturated carbocycles. The molecule has 1 aromatic carbocycles. The van der Waals surface area contributed by atoms with Crippen LogP contribution in [0.1, 0.15) is 12.5 Å². The summed E-state index contributed by atoms with van der Waals surface area (Å²) in [5, 5.41) is 13.0. The molecule has 2 atom stereocenters. The molecule has 1 heterocycles. The fourth-order valence-corrected chi connectivity index (χ4v) is 2.09. The standard InChI is InChI=1S/C12H13F2N3OS/c1-7(16-12-6-15-19-17-12)11(18)4-8-2-9(13)5-10(14)3-8/h2-3,5-7,11,18H,4H2,1H3,(H,16,17). The number of nitrogens with zero attached hydrogens (tertiary/aromatic N) is 2. The van der Waals surface area contributed by atoms with Crippen molar-refractivity contribution in [3.05, 3.63) is 41.6 Å². The number of rotatable bonds is 5. The zero-order valence-corrected chi connectivity index (χ0v) is 11.0. The molecule has 0 aliphatic heterocycles. The highest BCUT2D eigenvalue weighted by Crippen LogP contribution is 2.13. The van der Waals surface area contributed by atoms with Crippen molar-refractivity contribution in [3.8, 4) is 0 Å². The Kier molecular flexibility index (Phi) is 4.39. The molecule has 0 bridgehead atoms. The van der Waals surface area contributed by atoms with Crippen LogP contribution in [0.5, 0.6) is 0 Å². The smallest absolute Gasteiger partial charge is 0.160 e. The Morgan fingerprint density at radius 3 is 2.58 bits per heavy atom. The lowest BCUT2D eigenvalue weighted by Gasteiger charge is -2.19. The van der Waals surface area contributed by atoms with Crippen molar-refractivity contribution in [2.75, 3.05) is 5.32 Å². The van der Waals surface area contributed by atoms with Crippen molar-refractivity contribution >= 4 is 17.5 Å². The van der Waals surface area contributed by atoms with Crippen molar-refractivity contribution in [1.29, 1.82) is 0 Å². The summed E-state index contributed by atoms with van der Waals surface area (Å²) in [5.74, 6) is -0.722. The van der Waals surface area contributed by atoms with Crippen molar-refractivity contribution in [2.24, 2.45) is 0 Å². The van der Waals surface area contributed by atoms with Gasteiger partial charge in [0.2, 0.25) is 0 Å². The second-order valence-corrected chi connectivity index (χ2v) is 4.83. The fraction of sp³-hybridized carbons (Fsp3) is 0.333. The van der Waals surface area contributed by atoms with E-state index in [0.717, 1.165) is 17.8 Å². The Labute approximate surface area is 113 Å². The lowest BCUT2D eigenvalue weighted by molar-refractivity contribution is 0.158. The molecule has 0 radical (unpaired) electrons. The van der Waals surface area contributed by atoms with E-state index in [1.807, 2.05) is 0 Å². The topological polar surface area (TPSA) is 58.0 Å². The van der Waals surface area contributed by atoms with Crippen LogP contribution in [-0.2, 0) is 6.42 Å². The van der Waals surface area contributed by atoms with Gasteiger partial charge in [0, 0.05) is 12.5 Å². The van der Waals surface area contributed by atoms with Crippen molar-refractivity contribution in [1.82, 2.24) is 8.75 Å². The van der Waals surface area contributed by atoms with Gasteiger partial charge in [-0.3, -0.25) is 0 Å². The summed E-state index contributed by atoms with van der Waals surface area (Å²) in [6, 6.07) is 2.92. The molecule has 4 nitrogen and oxygen atoms in total. The molecule has 0 fully saturated rings. The number of aliphatic hydroxyl groups is 1. The van der Waals surface area contributed by atoms with Gasteiger partial charge in [0.25, 0.3) is 0 Å². The average molecular weight is 285 g/mol. The van der Waals surface area contributed by atoms with E-state index in [9.17, 15) is 13.9 Å². The SMILES string of the molecule is CC(Nc1cnsn1)C(O)Cc1cc(F)cc(F)c1. The van der Waals surface area contributed by atoms with Crippen LogP contribution in [0, 0.1) is 11.6 Å². The fourth-order valence-electron chi connectivity index (χ4n) is 1.70. The normalized spacial score (nSPS) is 14.1. The number of aromatic nitrogens is 2. The maximum atomic E-state index is 13.0. The summed E-state index contributed by atoms with van der Waals surface area (Å²) in [6.07, 6.45) is 0.916. The van der Waals surface area contributed by atoms with E-state index in [0.29, 0.717) is 11.4 Å². The predicted octanol–water partition coefficient (Wildman–Crippen LogP) is 2.22. The minimum Gasteiger partial charge on any atom is -0.391 e. The van der Waals surface area contributed by atoms with E-state index in [-0.39, 0.29) is 12.5 Å². The van der Waals surface area contributed by atoms with Gasteiger partial charge in [0.05, 0.1) is 30.1 Å². The van der Waals surface area contributed by atoms with E-state index in [1.54, 1.807) is 13.1 Å². The van der Waals surface area contributed by atoms with Gasteiger partial charge in [-0.2, -0.15) is 8.75 Å². The number of anilines is 1. The van der Waals surface area contributed by atoms with Crippen LogP contribution < -0.4 is 5.32 Å². The van der Waals surface area contributed by atoms with Gasteiger partial charge in [-0.05, 0) is 24.6 Å². The van der Waals surface area contributed by atoms with E-state index < -0.39 is 17.7 Å². The first-order valence-electron chi connectivity index (χ1n) is 5.72. The van der Waals surface area contributed by atoms with Crippen LogP contribution in [0.2, 0.25) is 0 Å². The van der Waals surface area contributed by atoms with Crippen LogP contribution >= 0.6 is 11.7 Å². The molecule has 0 spiro atoms. The van der Waals surface area contributed by atoms with E-state index in [2.05, 4.69) is 14.1 Å². The molecule has 2 rings (SSSR count). The van der Waals surface area contributed by atoms with E-state index in [1.165, 1.54) is 12.1 Å². The number of benzene rings is 1. The first-order valence-corrected chi connectivity index (χ1v) is 6.45. The highest BCUT2D eigenvalue weighted by atomic mass is 32.1. The largest absolute Gasteiger partial charge is 0.391 e. The Morgan fingerprint density at radius 2 is 2.00 bits per heavy atom. The van der Waals surface area contributed by atoms with E-state index in [4.69, 9.17) is 0 Å². The molecule has 0 aliphatic rings. The summed E-state index contributed by atoms with van der Waals surface area (Å²) in [5.41, 5.74) is 0.412. The van der Waals surface area contributed by atoms with Gasteiger partial charge in [-0.1, -0.05) is 0 Å². The zero-order valence-electron chi connectivity index (χ0n) is 10.2. The number of hydrogen-bond acceptors (Lipinski definition) is 5. The molecule has 1 aromatic heterocycles. The Hall–Kier alpha value is -1.60. The first kappa shape index (κ1) is 13.8. The molecular formula is C12H13F2N3OS. The molecule has 2 unspecified atom stereocenters. The maximum absolute atomic E-state index is 13.0. The maximum Gasteiger partial charge on any atom is 0.160 e. The lowest BCUT2D eigenvalue weighted by atomic mass is 10.0. The molecule has 2 N–H and O–H groups in total. The summed E-state index contributed by atoms with van der Waals surface area (Å²) in [7, 11) is 0. The third kappa shape index (κ3) is 3.93. The molecule has 19 heavy (non-hydrogen) atoms. The first-order chi connectivity index (χ1) is 9.04. The predicted molar refractivity (Wildman–Crippen MR) is 69.1 cm³/mol. The van der Waals surface area contributed by atoms with Crippen LogP contribution in [-0.4, -0.2) is 26.0 Å². The quantitative estimate of drug-likeness (QED) is 0.884. The van der Waals surface area contributed by atoms with Gasteiger partial charge < -0.3 is 10.4 Å². The Morgan fingerprint density at radius 1 is 1.32 bits per heavy atom. The molecule has 7 heteroatoms.